The highest BCUT2D eigenvalue weighted by atomic mass is 35.5. The molecule has 0 bridgehead atoms. The summed E-state index contributed by atoms with van der Waals surface area (Å²) in [6.45, 7) is 10.5. The van der Waals surface area contributed by atoms with Gasteiger partial charge in [-0.3, -0.25) is 4.72 Å². The molecule has 6 heteroatoms. The summed E-state index contributed by atoms with van der Waals surface area (Å²) in [6.07, 6.45) is 1.71. The molecule has 2 N–H and O–H groups in total. The molecule has 0 aliphatic carbocycles. The highest BCUT2D eigenvalue weighted by Crippen LogP contribution is 2.27. The number of hydrogen-bond donors (Lipinski definition) is 2. The maximum absolute atomic E-state index is 5.86. The van der Waals surface area contributed by atoms with Crippen molar-refractivity contribution >= 4 is 35.1 Å². The molecule has 2 rings (SSSR count). The fraction of sp³-hybridized carbons (Fsp3) is 0.375. The van der Waals surface area contributed by atoms with Gasteiger partial charge < -0.3 is 5.32 Å². The van der Waals surface area contributed by atoms with Gasteiger partial charge in [-0.2, -0.15) is 0 Å². The number of aromatic nitrogens is 2. The van der Waals surface area contributed by atoms with E-state index >= 15 is 0 Å². The quantitative estimate of drug-likeness (QED) is 0.615. The molecule has 1 aromatic heterocycles. The smallest absolute Gasteiger partial charge is 0.224 e. The molecule has 4 nitrogen and oxygen atoms in total. The first-order valence-corrected chi connectivity index (χ1v) is 8.25. The van der Waals surface area contributed by atoms with E-state index in [2.05, 4.69) is 59.8 Å². The van der Waals surface area contributed by atoms with E-state index in [1.165, 1.54) is 10.5 Å². The van der Waals surface area contributed by atoms with E-state index < -0.39 is 0 Å². The Hall–Kier alpha value is -1.30. The zero-order valence-electron chi connectivity index (χ0n) is 13.5. The number of aryl methyl sites for hydroxylation is 2. The predicted molar refractivity (Wildman–Crippen MR) is 95.0 cm³/mol. The van der Waals surface area contributed by atoms with Crippen LogP contribution in [0.5, 0.6) is 0 Å². The molecule has 0 radical (unpaired) electrons. The van der Waals surface area contributed by atoms with Gasteiger partial charge in [-0.1, -0.05) is 6.07 Å². The van der Waals surface area contributed by atoms with Gasteiger partial charge in [-0.25, -0.2) is 9.97 Å². The highest BCUT2D eigenvalue weighted by molar-refractivity contribution is 7.97. The van der Waals surface area contributed by atoms with Crippen molar-refractivity contribution < 1.29 is 0 Å². The van der Waals surface area contributed by atoms with Crippen molar-refractivity contribution in [2.24, 2.45) is 0 Å². The summed E-state index contributed by atoms with van der Waals surface area (Å²) >= 11 is 7.50. The van der Waals surface area contributed by atoms with Crippen molar-refractivity contribution in [1.29, 1.82) is 0 Å². The lowest BCUT2D eigenvalue weighted by Gasteiger charge is -2.20. The van der Waals surface area contributed by atoms with E-state index in [-0.39, 0.29) is 10.8 Å². The van der Waals surface area contributed by atoms with Crippen LogP contribution in [0.2, 0.25) is 5.28 Å². The molecule has 0 saturated heterocycles. The van der Waals surface area contributed by atoms with Gasteiger partial charge in [-0.15, -0.1) is 0 Å². The highest BCUT2D eigenvalue weighted by Gasteiger charge is 2.11. The molecule has 22 heavy (non-hydrogen) atoms. The van der Waals surface area contributed by atoms with E-state index in [0.29, 0.717) is 0 Å². The Labute approximate surface area is 141 Å². The normalized spacial score (nSPS) is 11.5. The van der Waals surface area contributed by atoms with Crippen molar-refractivity contribution in [3.05, 3.63) is 40.8 Å². The summed E-state index contributed by atoms with van der Waals surface area (Å²) < 4.78 is 3.43. The summed E-state index contributed by atoms with van der Waals surface area (Å²) in [7, 11) is 0. The van der Waals surface area contributed by atoms with Crippen LogP contribution in [0.4, 0.5) is 11.5 Å². The van der Waals surface area contributed by atoms with E-state index in [9.17, 15) is 0 Å². The molecule has 2 aromatic rings. The molecule has 0 atom stereocenters. The van der Waals surface area contributed by atoms with E-state index in [4.69, 9.17) is 11.6 Å². The average Bonchev–Trinajstić information content (AvgIpc) is 2.42. The summed E-state index contributed by atoms with van der Waals surface area (Å²) in [5.41, 5.74) is 3.20. The number of nitrogens with zero attached hydrogens (tertiary/aromatic N) is 2. The van der Waals surface area contributed by atoms with Crippen LogP contribution in [0.25, 0.3) is 0 Å². The monoisotopic (exact) mass is 336 g/mol. The van der Waals surface area contributed by atoms with E-state index in [1.807, 2.05) is 13.0 Å². The molecule has 0 saturated carbocycles. The van der Waals surface area contributed by atoms with Crippen molar-refractivity contribution in [1.82, 2.24) is 14.7 Å². The lowest BCUT2D eigenvalue weighted by molar-refractivity contribution is 0.535. The first-order valence-electron chi connectivity index (χ1n) is 7.05. The van der Waals surface area contributed by atoms with Gasteiger partial charge in [0.25, 0.3) is 0 Å². The fourth-order valence-electron chi connectivity index (χ4n) is 1.68. The second-order valence-corrected chi connectivity index (χ2v) is 7.42. The zero-order chi connectivity index (χ0) is 16.3. The number of halogens is 1. The Morgan fingerprint density at radius 3 is 2.55 bits per heavy atom. The molecule has 1 heterocycles. The summed E-state index contributed by atoms with van der Waals surface area (Å²) in [6, 6.07) is 6.23. The molecule has 0 amide bonds. The third-order valence-electron chi connectivity index (χ3n) is 2.86. The fourth-order valence-corrected chi connectivity index (χ4v) is 2.64. The van der Waals surface area contributed by atoms with Gasteiger partial charge in [0.2, 0.25) is 5.28 Å². The Morgan fingerprint density at radius 2 is 1.86 bits per heavy atom. The van der Waals surface area contributed by atoms with Crippen molar-refractivity contribution in [2.45, 2.75) is 45.1 Å². The summed E-state index contributed by atoms with van der Waals surface area (Å²) in [4.78, 5) is 9.37. The number of nitrogens with one attached hydrogen (secondary N) is 2. The minimum atomic E-state index is 0.0529. The Morgan fingerprint density at radius 1 is 1.14 bits per heavy atom. The van der Waals surface area contributed by atoms with Gasteiger partial charge in [0.05, 0.1) is 0 Å². The molecule has 1 aromatic carbocycles. The Bertz CT molecular complexity index is 668. The second-order valence-electron chi connectivity index (χ2n) is 6.23. The third-order valence-corrected chi connectivity index (χ3v) is 4.42. The van der Waals surface area contributed by atoms with Crippen LogP contribution in [-0.4, -0.2) is 15.5 Å². The largest absolute Gasteiger partial charge is 0.340 e. The molecule has 0 spiro atoms. The first kappa shape index (κ1) is 17.1. The molecular weight excluding hydrogens is 316 g/mol. The lowest BCUT2D eigenvalue weighted by atomic mass is 10.1. The molecular formula is C16H21ClN4S. The standard InChI is InChI=1S/C16H21ClN4S/c1-10-6-7-12(8-13(10)22-21-16(3,4)5)19-14-11(2)9-18-15(17)20-14/h6-9,21H,1-5H3,(H,18,19,20). The second kappa shape index (κ2) is 6.86. The summed E-state index contributed by atoms with van der Waals surface area (Å²) in [5, 5.41) is 3.54. The Kier molecular flexibility index (Phi) is 5.32. The van der Waals surface area contributed by atoms with Crippen molar-refractivity contribution in [3.63, 3.8) is 0 Å². The van der Waals surface area contributed by atoms with Gasteiger partial charge in [0.1, 0.15) is 5.82 Å². The number of rotatable bonds is 4. The average molecular weight is 337 g/mol. The van der Waals surface area contributed by atoms with Crippen molar-refractivity contribution in [3.8, 4) is 0 Å². The van der Waals surface area contributed by atoms with Crippen LogP contribution in [-0.2, 0) is 0 Å². The van der Waals surface area contributed by atoms with Gasteiger partial charge in [0, 0.05) is 27.9 Å². The third kappa shape index (κ3) is 4.87. The van der Waals surface area contributed by atoms with Crippen LogP contribution in [0, 0.1) is 13.8 Å². The molecule has 0 fully saturated rings. The lowest BCUT2D eigenvalue weighted by Crippen LogP contribution is -2.29. The SMILES string of the molecule is Cc1ccc(Nc2nc(Cl)ncc2C)cc1SNC(C)(C)C. The first-order chi connectivity index (χ1) is 10.2. The van der Waals surface area contributed by atoms with Crippen LogP contribution in [0.1, 0.15) is 31.9 Å². The maximum Gasteiger partial charge on any atom is 0.224 e. The molecule has 0 aliphatic rings. The van der Waals surface area contributed by atoms with E-state index in [1.54, 1.807) is 18.1 Å². The minimum Gasteiger partial charge on any atom is -0.340 e. The molecule has 0 unspecified atom stereocenters. The van der Waals surface area contributed by atoms with Crippen molar-refractivity contribution in [2.75, 3.05) is 5.32 Å². The predicted octanol–water partition coefficient (Wildman–Crippen LogP) is 4.89. The maximum atomic E-state index is 5.86. The van der Waals surface area contributed by atoms with Crippen LogP contribution >= 0.6 is 23.5 Å². The topological polar surface area (TPSA) is 49.8 Å². The number of anilines is 2. The minimum absolute atomic E-state index is 0.0529. The van der Waals surface area contributed by atoms with Gasteiger partial charge >= 0.3 is 0 Å². The molecule has 118 valence electrons. The Balaban J connectivity index is 2.20. The number of hydrogen-bond acceptors (Lipinski definition) is 5. The number of benzene rings is 1. The summed E-state index contributed by atoms with van der Waals surface area (Å²) in [5.74, 6) is 0.726. The van der Waals surface area contributed by atoms with Gasteiger partial charge in [0.15, 0.2) is 0 Å². The van der Waals surface area contributed by atoms with E-state index in [0.717, 1.165) is 17.1 Å². The van der Waals surface area contributed by atoms with Crippen LogP contribution in [0.3, 0.4) is 0 Å². The zero-order valence-corrected chi connectivity index (χ0v) is 15.1. The van der Waals surface area contributed by atoms with Crippen LogP contribution < -0.4 is 10.0 Å². The molecule has 0 aliphatic heterocycles. The van der Waals surface area contributed by atoms with Crippen LogP contribution in [0.15, 0.2) is 29.3 Å². The van der Waals surface area contributed by atoms with Gasteiger partial charge in [-0.05, 0) is 75.9 Å².